The van der Waals surface area contributed by atoms with Crippen LogP contribution in [0.1, 0.15) is 41.7 Å². The van der Waals surface area contributed by atoms with Gasteiger partial charge in [0.2, 0.25) is 0 Å². The number of aromatic nitrogens is 1. The smallest absolute Gasteiger partial charge is 0.343 e. The Hall–Kier alpha value is -2.45. The van der Waals surface area contributed by atoms with E-state index in [0.29, 0.717) is 23.9 Å². The van der Waals surface area contributed by atoms with Gasteiger partial charge in [-0.05, 0) is 44.2 Å². The predicted molar refractivity (Wildman–Crippen MR) is 89.8 cm³/mol. The summed E-state index contributed by atoms with van der Waals surface area (Å²) >= 11 is 0. The van der Waals surface area contributed by atoms with Crippen molar-refractivity contribution in [1.82, 2.24) is 4.98 Å². The van der Waals surface area contributed by atoms with Gasteiger partial charge in [-0.2, -0.15) is 0 Å². The number of hydrogen-bond donors (Lipinski definition) is 2. The van der Waals surface area contributed by atoms with Gasteiger partial charge < -0.3 is 19.6 Å². The lowest BCUT2D eigenvalue weighted by molar-refractivity contribution is -0.385. The Labute approximate surface area is 143 Å². The number of ether oxygens (including phenoxy) is 2. The number of aromatic carboxylic acids is 1. The maximum atomic E-state index is 11.4. The molecule has 25 heavy (non-hydrogen) atoms. The van der Waals surface area contributed by atoms with Gasteiger partial charge in [-0.1, -0.05) is 0 Å². The Morgan fingerprint density at radius 1 is 1.44 bits per heavy atom. The Morgan fingerprint density at radius 2 is 2.28 bits per heavy atom. The van der Waals surface area contributed by atoms with E-state index in [1.54, 1.807) is 6.07 Å². The minimum absolute atomic E-state index is 0.127. The molecule has 8 heteroatoms. The highest BCUT2D eigenvalue weighted by Gasteiger charge is 2.24. The van der Waals surface area contributed by atoms with Crippen molar-refractivity contribution >= 4 is 22.6 Å². The van der Waals surface area contributed by atoms with E-state index >= 15 is 0 Å². The topological polar surface area (TPSA) is 115 Å². The van der Waals surface area contributed by atoms with Crippen molar-refractivity contribution in [2.45, 2.75) is 38.4 Å². The van der Waals surface area contributed by atoms with Crippen LogP contribution in [0.5, 0.6) is 0 Å². The highest BCUT2D eigenvalue weighted by atomic mass is 16.7. The molecule has 1 aromatic carbocycles. The van der Waals surface area contributed by atoms with Crippen LogP contribution in [-0.2, 0) is 15.9 Å². The normalized spacial score (nSPS) is 17.7. The zero-order valence-electron chi connectivity index (χ0n) is 13.7. The number of aryl methyl sites for hydroxylation is 1. The first-order valence-electron chi connectivity index (χ1n) is 8.32. The maximum absolute atomic E-state index is 11.4. The highest BCUT2D eigenvalue weighted by Crippen LogP contribution is 2.29. The van der Waals surface area contributed by atoms with Crippen LogP contribution in [0.4, 0.5) is 5.69 Å². The average molecular weight is 348 g/mol. The second-order valence-electron chi connectivity index (χ2n) is 6.05. The number of aromatic amines is 1. The molecule has 1 unspecified atom stereocenters. The third-order valence-electron chi connectivity index (χ3n) is 4.28. The second-order valence-corrected chi connectivity index (χ2v) is 6.05. The fraction of sp³-hybridized carbons (Fsp3) is 0.471. The quantitative estimate of drug-likeness (QED) is 0.451. The first-order valence-corrected chi connectivity index (χ1v) is 8.32. The van der Waals surface area contributed by atoms with Crippen LogP contribution in [0.15, 0.2) is 18.2 Å². The number of nitrogens with one attached hydrogen (secondary N) is 1. The van der Waals surface area contributed by atoms with Gasteiger partial charge in [0, 0.05) is 29.3 Å². The summed E-state index contributed by atoms with van der Waals surface area (Å²) in [6.45, 7) is 1.29. The minimum atomic E-state index is -1.30. The second kappa shape index (κ2) is 7.62. The van der Waals surface area contributed by atoms with E-state index in [0.717, 1.165) is 38.0 Å². The van der Waals surface area contributed by atoms with Crippen LogP contribution in [-0.4, -0.2) is 40.5 Å². The molecule has 0 amide bonds. The molecule has 3 rings (SSSR count). The maximum Gasteiger partial charge on any atom is 0.343 e. The molecule has 2 N–H and O–H groups in total. The van der Waals surface area contributed by atoms with E-state index in [1.807, 2.05) is 0 Å². The van der Waals surface area contributed by atoms with Crippen molar-refractivity contribution < 1.29 is 24.3 Å². The molecule has 1 aliphatic heterocycles. The van der Waals surface area contributed by atoms with Gasteiger partial charge in [-0.15, -0.1) is 0 Å². The summed E-state index contributed by atoms with van der Waals surface area (Å²) in [5.41, 5.74) is 0.723. The van der Waals surface area contributed by atoms with E-state index in [2.05, 4.69) is 4.98 Å². The van der Waals surface area contributed by atoms with Gasteiger partial charge in [0.15, 0.2) is 6.29 Å². The summed E-state index contributed by atoms with van der Waals surface area (Å²) in [6.07, 6.45) is 4.39. The number of rotatable bonds is 7. The number of carboxylic acid groups (broad SMARTS) is 1. The molecule has 2 heterocycles. The van der Waals surface area contributed by atoms with Crippen molar-refractivity contribution in [1.29, 1.82) is 0 Å². The van der Waals surface area contributed by atoms with E-state index in [1.165, 1.54) is 12.1 Å². The standard InChI is InChI=1S/C17H20N2O6/c20-17(21)16-12-10-11(18-13(12)6-7-14(16)19(22)23)4-3-9-25-15-5-1-2-8-24-15/h6-7,10,15,18H,1-5,8-9H2,(H,20,21). The number of carbonyl (C=O) groups is 1. The lowest BCUT2D eigenvalue weighted by Gasteiger charge is -2.22. The summed E-state index contributed by atoms with van der Waals surface area (Å²) in [4.78, 5) is 24.9. The summed E-state index contributed by atoms with van der Waals surface area (Å²) < 4.78 is 11.2. The lowest BCUT2D eigenvalue weighted by atomic mass is 10.1. The van der Waals surface area contributed by atoms with Gasteiger partial charge in [-0.3, -0.25) is 10.1 Å². The Morgan fingerprint density at radius 3 is 2.96 bits per heavy atom. The molecule has 134 valence electrons. The van der Waals surface area contributed by atoms with Gasteiger partial charge in [0.05, 0.1) is 11.5 Å². The van der Waals surface area contributed by atoms with E-state index < -0.39 is 16.6 Å². The zero-order valence-corrected chi connectivity index (χ0v) is 13.7. The number of benzene rings is 1. The van der Waals surface area contributed by atoms with Crippen molar-refractivity contribution in [3.63, 3.8) is 0 Å². The average Bonchev–Trinajstić information content (AvgIpc) is 3.01. The monoisotopic (exact) mass is 348 g/mol. The molecule has 0 bridgehead atoms. The molecule has 1 atom stereocenters. The van der Waals surface area contributed by atoms with Crippen molar-refractivity contribution in [2.24, 2.45) is 0 Å². The summed E-state index contributed by atoms with van der Waals surface area (Å²) in [6, 6.07) is 4.42. The SMILES string of the molecule is O=C(O)c1c([N+](=O)[O-])ccc2[nH]c(CCCOC3CCCCO3)cc12. The van der Waals surface area contributed by atoms with Crippen molar-refractivity contribution in [2.75, 3.05) is 13.2 Å². The lowest BCUT2D eigenvalue weighted by Crippen LogP contribution is -2.22. The number of nitro benzene ring substituents is 1. The minimum Gasteiger partial charge on any atom is -0.477 e. The first kappa shape index (κ1) is 17.4. The molecule has 0 aliphatic carbocycles. The number of nitro groups is 1. The third-order valence-corrected chi connectivity index (χ3v) is 4.28. The largest absolute Gasteiger partial charge is 0.477 e. The predicted octanol–water partition coefficient (Wildman–Crippen LogP) is 3.25. The number of H-pyrrole nitrogens is 1. The summed E-state index contributed by atoms with van der Waals surface area (Å²) in [7, 11) is 0. The molecule has 1 aromatic heterocycles. The van der Waals surface area contributed by atoms with E-state index in [4.69, 9.17) is 9.47 Å². The number of hydrogen-bond acceptors (Lipinski definition) is 5. The van der Waals surface area contributed by atoms with Crippen LogP contribution >= 0.6 is 0 Å². The van der Waals surface area contributed by atoms with Gasteiger partial charge in [-0.25, -0.2) is 4.79 Å². The Kier molecular flexibility index (Phi) is 5.30. The summed E-state index contributed by atoms with van der Waals surface area (Å²) in [5.74, 6) is -1.30. The molecule has 8 nitrogen and oxygen atoms in total. The number of fused-ring (bicyclic) bond motifs is 1. The number of nitrogens with zero attached hydrogens (tertiary/aromatic N) is 1. The molecule has 2 aromatic rings. The molecule has 1 aliphatic rings. The molecule has 0 spiro atoms. The molecular weight excluding hydrogens is 328 g/mol. The van der Waals surface area contributed by atoms with Crippen LogP contribution < -0.4 is 0 Å². The highest BCUT2D eigenvalue weighted by molar-refractivity contribution is 6.06. The van der Waals surface area contributed by atoms with Crippen LogP contribution in [0.3, 0.4) is 0 Å². The Bertz CT molecular complexity index is 779. The van der Waals surface area contributed by atoms with Gasteiger partial charge >= 0.3 is 5.97 Å². The van der Waals surface area contributed by atoms with Crippen molar-refractivity contribution in [3.8, 4) is 0 Å². The van der Waals surface area contributed by atoms with Crippen molar-refractivity contribution in [3.05, 3.63) is 39.6 Å². The number of carboxylic acids is 1. The fourth-order valence-electron chi connectivity index (χ4n) is 3.08. The Balaban J connectivity index is 1.67. The van der Waals surface area contributed by atoms with Crippen LogP contribution in [0.2, 0.25) is 0 Å². The van der Waals surface area contributed by atoms with Crippen LogP contribution in [0.25, 0.3) is 10.9 Å². The molecule has 0 saturated carbocycles. The molecule has 0 radical (unpaired) electrons. The first-order chi connectivity index (χ1) is 12.1. The molecule has 1 fully saturated rings. The van der Waals surface area contributed by atoms with Gasteiger partial charge in [0.1, 0.15) is 5.56 Å². The van der Waals surface area contributed by atoms with E-state index in [-0.39, 0.29) is 11.9 Å². The van der Waals surface area contributed by atoms with E-state index in [9.17, 15) is 20.0 Å². The van der Waals surface area contributed by atoms with Crippen LogP contribution in [0, 0.1) is 10.1 Å². The third kappa shape index (κ3) is 3.97. The zero-order chi connectivity index (χ0) is 17.8. The molecule has 1 saturated heterocycles. The van der Waals surface area contributed by atoms with Gasteiger partial charge in [0.25, 0.3) is 5.69 Å². The summed E-state index contributed by atoms with van der Waals surface area (Å²) in [5, 5.41) is 20.7. The molecular formula is C17H20N2O6. The fourth-order valence-corrected chi connectivity index (χ4v) is 3.08.